The predicted molar refractivity (Wildman–Crippen MR) is 260 cm³/mol. The molecule has 6 heterocycles. The van der Waals surface area contributed by atoms with Gasteiger partial charge in [0.05, 0.1) is 65.9 Å². The number of Topliss-reactive ketones (excluding diaryl/α,β-unsaturated/α-hetero) is 2. The molecule has 2 aromatic carbocycles. The summed E-state index contributed by atoms with van der Waals surface area (Å²) in [5.74, 6) is -4.97. The van der Waals surface area contributed by atoms with Crippen LogP contribution in [-0.2, 0) is 68.2 Å². The Morgan fingerprint density at radius 3 is 1.74 bits per heavy atom. The number of hydrogen-bond acceptors (Lipinski definition) is 25. The van der Waals surface area contributed by atoms with Gasteiger partial charge in [0.15, 0.2) is 55.2 Å². The molecule has 25 nitrogen and oxygen atoms in total. The van der Waals surface area contributed by atoms with Gasteiger partial charge in [0.1, 0.15) is 53.9 Å². The number of fused-ring (bicyclic) bond motifs is 2. The molecule has 0 radical (unpaired) electrons. The molecule has 0 aliphatic carbocycles. The van der Waals surface area contributed by atoms with Crippen molar-refractivity contribution in [2.24, 2.45) is 5.92 Å². The second kappa shape index (κ2) is 25.0. The Hall–Kier alpha value is -3.65. The van der Waals surface area contributed by atoms with Crippen LogP contribution in [0.5, 0.6) is 17.2 Å². The molecule has 0 saturated carbocycles. The molecule has 0 amide bonds. The molecule has 77 heavy (non-hydrogen) atoms. The maximum Gasteiger partial charge on any atom is 0.341 e. The first kappa shape index (κ1) is 61.0. The molecule has 0 unspecified atom stereocenters. The lowest BCUT2D eigenvalue weighted by Crippen LogP contribution is -2.58. The van der Waals surface area contributed by atoms with E-state index < -0.39 is 164 Å². The first-order valence-corrected chi connectivity index (χ1v) is 25.9. The van der Waals surface area contributed by atoms with E-state index in [9.17, 15) is 70.6 Å². The van der Waals surface area contributed by atoms with Crippen molar-refractivity contribution >= 4 is 28.3 Å². The molecule has 0 spiro atoms. The Morgan fingerprint density at radius 2 is 1.19 bits per heavy atom. The van der Waals surface area contributed by atoms with Crippen molar-refractivity contribution in [2.75, 3.05) is 7.11 Å². The van der Waals surface area contributed by atoms with E-state index >= 15 is 0 Å². The molecule has 25 heteroatoms. The summed E-state index contributed by atoms with van der Waals surface area (Å²) in [6.45, 7) is 12.0. The van der Waals surface area contributed by atoms with Crippen LogP contribution in [0.1, 0.15) is 91.7 Å². The fourth-order valence-electron chi connectivity index (χ4n) is 10.7. The quantitative estimate of drug-likeness (QED) is 0.0670. The highest BCUT2D eigenvalue weighted by Crippen LogP contribution is 2.43. The van der Waals surface area contributed by atoms with Crippen molar-refractivity contribution in [3.8, 4) is 17.2 Å². The van der Waals surface area contributed by atoms with Gasteiger partial charge in [-0.05, 0) is 84.9 Å². The fraction of sp³-hybridized carbons (Fsp3) is 0.750. The van der Waals surface area contributed by atoms with E-state index in [4.69, 9.17) is 52.1 Å². The van der Waals surface area contributed by atoms with Gasteiger partial charge in [-0.1, -0.05) is 6.07 Å². The summed E-state index contributed by atoms with van der Waals surface area (Å²) in [6, 6.07) is 4.43. The molecular weight excluding hydrogens is 1020 g/mol. The van der Waals surface area contributed by atoms with Crippen LogP contribution in [0.3, 0.4) is 0 Å². The van der Waals surface area contributed by atoms with E-state index in [-0.39, 0.29) is 66.7 Å². The van der Waals surface area contributed by atoms with E-state index in [0.717, 1.165) is 14.0 Å². The molecule has 3 bridgehead atoms. The zero-order chi connectivity index (χ0) is 56.7. The van der Waals surface area contributed by atoms with Gasteiger partial charge in [-0.25, -0.2) is 4.79 Å². The number of carbonyl (C=O) groups excluding carboxylic acids is 3. The third-order valence-electron chi connectivity index (χ3n) is 15.3. The summed E-state index contributed by atoms with van der Waals surface area (Å²) in [5, 5.41) is 115. The molecule has 0 aromatic heterocycles. The van der Waals surface area contributed by atoms with Crippen molar-refractivity contribution in [1.29, 1.82) is 0 Å². The number of carbonyl (C=O) groups is 3. The zero-order valence-electron chi connectivity index (χ0n) is 44.4. The number of esters is 1. The number of hydrogen-bond donors (Lipinski definition) is 11. The Morgan fingerprint density at radius 1 is 0.688 bits per heavy atom. The number of rotatable bonds is 13. The molecule has 6 aliphatic heterocycles. The van der Waals surface area contributed by atoms with Crippen LogP contribution >= 0.6 is 0 Å². The molecule has 2 aromatic rings. The Kier molecular flexibility index (Phi) is 19.8. The number of aromatic hydroxyl groups is 2. The lowest BCUT2D eigenvalue weighted by Gasteiger charge is -2.46. The van der Waals surface area contributed by atoms with Crippen LogP contribution in [0, 0.1) is 12.8 Å². The minimum absolute atomic E-state index is 0.0377. The first-order valence-electron chi connectivity index (χ1n) is 25.9. The van der Waals surface area contributed by atoms with Crippen molar-refractivity contribution in [3.63, 3.8) is 0 Å². The maximum atomic E-state index is 14.3. The number of aliphatic hydroxyl groups excluding tert-OH is 8. The molecule has 5 saturated heterocycles. The third-order valence-corrected chi connectivity index (χ3v) is 15.3. The summed E-state index contributed by atoms with van der Waals surface area (Å²) in [5.41, 5.74) is -1.02. The van der Waals surface area contributed by atoms with Crippen molar-refractivity contribution < 1.29 is 123 Å². The normalized spacial score (nSPS) is 41.5. The lowest BCUT2D eigenvalue weighted by atomic mass is 9.83. The maximum absolute atomic E-state index is 14.3. The van der Waals surface area contributed by atoms with E-state index in [1.807, 2.05) is 0 Å². The number of phenols is 2. The van der Waals surface area contributed by atoms with Crippen LogP contribution in [0.25, 0.3) is 10.8 Å². The highest BCUT2D eigenvalue weighted by molar-refractivity contribution is 6.06. The summed E-state index contributed by atoms with van der Waals surface area (Å²) >= 11 is 0. The smallest absolute Gasteiger partial charge is 0.341 e. The predicted octanol–water partition coefficient (Wildman–Crippen LogP) is -0.718. The van der Waals surface area contributed by atoms with Gasteiger partial charge in [-0.2, -0.15) is 0 Å². The molecule has 24 atom stereocenters. The Labute approximate surface area is 444 Å². The zero-order valence-corrected chi connectivity index (χ0v) is 44.4. The highest BCUT2D eigenvalue weighted by Gasteiger charge is 2.50. The summed E-state index contributed by atoms with van der Waals surface area (Å²) < 4.78 is 63.9. The standard InChI is InChI=1S/C40H54O18.C12H22O7/c1-15-24-11-21-8-20(10-23(42)30(21)31(15)43)9-22(36(51-7)35(47)32(44)16(2)41)37(39(49)57-24)58-28-13-25(33(45)18(4)53-28)55-27-12-26(34(46)17(3)52-27)56-29-14-40(6,50)38(48)19(5)54-29;1-5-11(15)7(13)3-10(18-5)19-8-4-9(14)17-6(2)12(8)16/h8,10-11,17-19,22,25-29,32-34,36-38,42-46,48,50H,9,12-14H2,1-7H3;5-16H,3-4H2,1-2H3/t17-,18-,19-,22+,25-,26-,27+,28+,29+,32+,33-,34+,36+,37+,38-,40+;5-,6-,7-,8-,9-,10+,11-,12-/m11/s1. The van der Waals surface area contributed by atoms with Crippen LogP contribution in [0.4, 0.5) is 0 Å². The van der Waals surface area contributed by atoms with Crippen LogP contribution in [0.15, 0.2) is 18.2 Å². The summed E-state index contributed by atoms with van der Waals surface area (Å²) in [7, 11) is 1.16. The topological polar surface area (TPSA) is 375 Å². The SMILES string of the molecule is CO[C@H](C(=O)[C@@H](O)C(C)=O)[C@@H]1Cc2cc(O)c3c(O)c(C)c(cc3c2)OC(=O)[C@H]1O[C@H]1C[C@@H](O[C@H]2C[C@@H](O[C@H]3C[C@](C)(O)[C@H](O)[C@@H](C)O3)[C@@H](O)[C@@H](C)O2)[C@H](O)[C@@H](C)O1.C[C@H]1O[C@@H](O)C[C@@H](O[C@H]2C[C@@H](O)[C@H](O)[C@@H](C)O2)[C@@H]1O. The number of benzene rings is 2. The van der Waals surface area contributed by atoms with E-state index in [1.54, 1.807) is 40.7 Å². The minimum Gasteiger partial charge on any atom is -0.507 e. The van der Waals surface area contributed by atoms with Gasteiger partial charge in [-0.3, -0.25) is 9.59 Å². The molecule has 5 fully saturated rings. The average molecular weight is 1100 g/mol. The first-order chi connectivity index (χ1) is 36.1. The van der Waals surface area contributed by atoms with Gasteiger partial charge >= 0.3 is 5.97 Å². The van der Waals surface area contributed by atoms with Crippen molar-refractivity contribution in [3.05, 3.63) is 29.3 Å². The largest absolute Gasteiger partial charge is 0.507 e. The van der Waals surface area contributed by atoms with E-state index in [0.29, 0.717) is 10.9 Å². The molecule has 11 N–H and O–H groups in total. The minimum atomic E-state index is -2.10. The Balaban J connectivity index is 0.000000380. The number of phenolic OH excluding ortho intramolecular Hbond substituents is 2. The van der Waals surface area contributed by atoms with Crippen LogP contribution in [0.2, 0.25) is 0 Å². The highest BCUT2D eigenvalue weighted by atomic mass is 16.7. The number of methoxy groups -OCH3 is 1. The molecule has 8 rings (SSSR count). The van der Waals surface area contributed by atoms with Crippen LogP contribution in [-0.4, -0.2) is 222 Å². The summed E-state index contributed by atoms with van der Waals surface area (Å²) in [6.07, 6.45) is -23.3. The van der Waals surface area contributed by atoms with Gasteiger partial charge < -0.3 is 108 Å². The van der Waals surface area contributed by atoms with Gasteiger partial charge in [0, 0.05) is 50.7 Å². The van der Waals surface area contributed by atoms with Crippen molar-refractivity contribution in [1.82, 2.24) is 0 Å². The fourth-order valence-corrected chi connectivity index (χ4v) is 10.7. The average Bonchev–Trinajstić information content (AvgIpc) is 3.34. The molecule has 434 valence electrons. The number of ether oxygens (including phenoxy) is 11. The van der Waals surface area contributed by atoms with Gasteiger partial charge in [0.2, 0.25) is 0 Å². The number of ketones is 2. The number of aliphatic hydroxyl groups is 9. The molecule has 6 aliphatic rings. The second-order valence-electron chi connectivity index (χ2n) is 21.4. The van der Waals surface area contributed by atoms with Gasteiger partial charge in [-0.15, -0.1) is 0 Å². The van der Waals surface area contributed by atoms with Crippen LogP contribution < -0.4 is 4.74 Å². The second-order valence-corrected chi connectivity index (χ2v) is 21.4. The Bertz CT molecular complexity index is 2360. The van der Waals surface area contributed by atoms with E-state index in [1.165, 1.54) is 26.0 Å². The van der Waals surface area contributed by atoms with Gasteiger partial charge in [0.25, 0.3) is 0 Å². The summed E-state index contributed by atoms with van der Waals surface area (Å²) in [4.78, 5) is 40.0. The third kappa shape index (κ3) is 13.8. The monoisotopic (exact) mass is 1100 g/mol. The van der Waals surface area contributed by atoms with Crippen molar-refractivity contribution in [2.45, 2.75) is 235 Å². The lowest BCUT2D eigenvalue weighted by molar-refractivity contribution is -0.334. The van der Waals surface area contributed by atoms with E-state index in [2.05, 4.69) is 0 Å². The molecular formula is C52H76O25.